The zero-order chi connectivity index (χ0) is 12.1. The van der Waals surface area contributed by atoms with Crippen molar-refractivity contribution in [1.29, 1.82) is 0 Å². The third-order valence-corrected chi connectivity index (χ3v) is 2.80. The van der Waals surface area contributed by atoms with E-state index in [0.717, 1.165) is 12.0 Å². The van der Waals surface area contributed by atoms with Gasteiger partial charge in [0.1, 0.15) is 0 Å². The van der Waals surface area contributed by atoms with E-state index in [1.807, 2.05) is 0 Å². The molecule has 16 heavy (non-hydrogen) atoms. The van der Waals surface area contributed by atoms with Crippen LogP contribution in [0.1, 0.15) is 32.8 Å². The molecule has 0 spiro atoms. The Bertz CT molecular complexity index is 337. The molecule has 1 aromatic carbocycles. The van der Waals surface area contributed by atoms with Crippen molar-refractivity contribution in [2.24, 2.45) is 5.92 Å². The van der Waals surface area contributed by atoms with E-state index in [1.165, 1.54) is 12.1 Å². The predicted molar refractivity (Wildman–Crippen MR) is 62.1 cm³/mol. The third kappa shape index (κ3) is 3.56. The molecule has 0 aliphatic rings. The van der Waals surface area contributed by atoms with Crippen molar-refractivity contribution in [2.75, 3.05) is 0 Å². The molecule has 90 valence electrons. The molecule has 0 heterocycles. The predicted octanol–water partition coefficient (Wildman–Crippen LogP) is 3.49. The largest absolute Gasteiger partial charge is 0.310 e. The van der Waals surface area contributed by atoms with E-state index in [-0.39, 0.29) is 0 Å². The molecule has 0 bridgehead atoms. The summed E-state index contributed by atoms with van der Waals surface area (Å²) in [5.41, 5.74) is 0.776. The number of rotatable bonds is 5. The Morgan fingerprint density at radius 1 is 1.19 bits per heavy atom. The van der Waals surface area contributed by atoms with Gasteiger partial charge in [-0.3, -0.25) is 0 Å². The molecule has 0 amide bonds. The second-order valence-electron chi connectivity index (χ2n) is 4.39. The van der Waals surface area contributed by atoms with Crippen LogP contribution in [-0.4, -0.2) is 6.04 Å². The van der Waals surface area contributed by atoms with Gasteiger partial charge in [-0.1, -0.05) is 26.8 Å². The summed E-state index contributed by atoms with van der Waals surface area (Å²) >= 11 is 0. The smallest absolute Gasteiger partial charge is 0.159 e. The molecule has 1 rings (SSSR count). The molecule has 0 fully saturated rings. The molecular formula is C13H19F2N. The molecule has 1 nitrogen and oxygen atoms in total. The van der Waals surface area contributed by atoms with Crippen LogP contribution in [0.3, 0.4) is 0 Å². The number of hydrogen-bond donors (Lipinski definition) is 1. The topological polar surface area (TPSA) is 12.0 Å². The van der Waals surface area contributed by atoms with Gasteiger partial charge in [0, 0.05) is 12.6 Å². The van der Waals surface area contributed by atoms with E-state index in [2.05, 4.69) is 26.1 Å². The van der Waals surface area contributed by atoms with Crippen molar-refractivity contribution >= 4 is 0 Å². The Labute approximate surface area is 95.9 Å². The maximum atomic E-state index is 12.9. The van der Waals surface area contributed by atoms with Gasteiger partial charge < -0.3 is 5.32 Å². The molecule has 0 aliphatic heterocycles. The lowest BCUT2D eigenvalue weighted by Crippen LogP contribution is -2.32. The highest BCUT2D eigenvalue weighted by molar-refractivity contribution is 5.17. The summed E-state index contributed by atoms with van der Waals surface area (Å²) < 4.78 is 25.6. The van der Waals surface area contributed by atoms with E-state index < -0.39 is 11.6 Å². The quantitative estimate of drug-likeness (QED) is 0.812. The van der Waals surface area contributed by atoms with Crippen LogP contribution in [0.2, 0.25) is 0 Å². The Balaban J connectivity index is 2.57. The molecule has 0 aliphatic carbocycles. The average Bonchev–Trinajstić information content (AvgIpc) is 2.23. The Morgan fingerprint density at radius 2 is 1.88 bits per heavy atom. The van der Waals surface area contributed by atoms with Gasteiger partial charge in [-0.05, 0) is 30.0 Å². The second-order valence-corrected chi connectivity index (χ2v) is 4.39. The van der Waals surface area contributed by atoms with Crippen LogP contribution in [0, 0.1) is 17.6 Å². The van der Waals surface area contributed by atoms with Gasteiger partial charge in [-0.2, -0.15) is 0 Å². The SMILES string of the molecule is CCC(NCc1ccc(F)c(F)c1)C(C)C. The van der Waals surface area contributed by atoms with Crippen LogP contribution in [0.25, 0.3) is 0 Å². The molecule has 0 saturated heterocycles. The summed E-state index contributed by atoms with van der Waals surface area (Å²) in [5.74, 6) is -1.04. The van der Waals surface area contributed by atoms with Gasteiger partial charge in [-0.15, -0.1) is 0 Å². The normalized spacial score (nSPS) is 13.1. The molecule has 1 aromatic rings. The van der Waals surface area contributed by atoms with Crippen molar-refractivity contribution in [3.05, 3.63) is 35.4 Å². The highest BCUT2D eigenvalue weighted by Crippen LogP contribution is 2.10. The number of hydrogen-bond acceptors (Lipinski definition) is 1. The maximum Gasteiger partial charge on any atom is 0.159 e. The Hall–Kier alpha value is -0.960. The van der Waals surface area contributed by atoms with Crippen LogP contribution in [0.4, 0.5) is 8.78 Å². The summed E-state index contributed by atoms with van der Waals surface area (Å²) in [7, 11) is 0. The fourth-order valence-corrected chi connectivity index (χ4v) is 1.75. The molecular weight excluding hydrogens is 208 g/mol. The number of benzene rings is 1. The van der Waals surface area contributed by atoms with E-state index in [4.69, 9.17) is 0 Å². The van der Waals surface area contributed by atoms with Crippen molar-refractivity contribution < 1.29 is 8.78 Å². The first-order valence-corrected chi connectivity index (χ1v) is 5.72. The van der Waals surface area contributed by atoms with Crippen LogP contribution in [0.5, 0.6) is 0 Å². The van der Waals surface area contributed by atoms with Gasteiger partial charge in [0.2, 0.25) is 0 Å². The zero-order valence-electron chi connectivity index (χ0n) is 10.1. The van der Waals surface area contributed by atoms with Crippen molar-refractivity contribution in [3.8, 4) is 0 Å². The van der Waals surface area contributed by atoms with Crippen LogP contribution in [-0.2, 0) is 6.54 Å². The summed E-state index contributed by atoms with van der Waals surface area (Å²) in [5, 5.41) is 3.34. The average molecular weight is 227 g/mol. The molecule has 0 radical (unpaired) electrons. The second kappa shape index (κ2) is 5.94. The highest BCUT2D eigenvalue weighted by Gasteiger charge is 2.10. The molecule has 3 heteroatoms. The van der Waals surface area contributed by atoms with Crippen molar-refractivity contribution in [3.63, 3.8) is 0 Å². The maximum absolute atomic E-state index is 12.9. The summed E-state index contributed by atoms with van der Waals surface area (Å²) in [6.45, 7) is 6.98. The van der Waals surface area contributed by atoms with Gasteiger partial charge in [-0.25, -0.2) is 8.78 Å². The van der Waals surface area contributed by atoms with Crippen LogP contribution >= 0.6 is 0 Å². The summed E-state index contributed by atoms with van der Waals surface area (Å²) in [6, 6.07) is 4.43. The minimum absolute atomic E-state index is 0.410. The van der Waals surface area contributed by atoms with Gasteiger partial charge in [0.15, 0.2) is 11.6 Å². The summed E-state index contributed by atoms with van der Waals surface area (Å²) in [6.07, 6.45) is 1.03. The lowest BCUT2D eigenvalue weighted by atomic mass is 10.0. The lowest BCUT2D eigenvalue weighted by Gasteiger charge is -2.20. The molecule has 0 saturated carbocycles. The van der Waals surface area contributed by atoms with E-state index in [0.29, 0.717) is 18.5 Å². The minimum Gasteiger partial charge on any atom is -0.310 e. The third-order valence-electron chi connectivity index (χ3n) is 2.80. The first kappa shape index (κ1) is 13.1. The van der Waals surface area contributed by atoms with Crippen LogP contribution in [0.15, 0.2) is 18.2 Å². The molecule has 1 N–H and O–H groups in total. The number of halogens is 2. The van der Waals surface area contributed by atoms with E-state index in [1.54, 1.807) is 6.07 Å². The van der Waals surface area contributed by atoms with E-state index in [9.17, 15) is 8.78 Å². The first-order chi connectivity index (χ1) is 7.54. The van der Waals surface area contributed by atoms with Gasteiger partial charge in [0.25, 0.3) is 0 Å². The molecule has 1 unspecified atom stereocenters. The molecule has 1 atom stereocenters. The van der Waals surface area contributed by atoms with Gasteiger partial charge >= 0.3 is 0 Å². The standard InChI is InChI=1S/C13H19F2N/c1-4-13(9(2)3)16-8-10-5-6-11(14)12(15)7-10/h5-7,9,13,16H,4,8H2,1-3H3. The summed E-state index contributed by atoms with van der Waals surface area (Å²) in [4.78, 5) is 0. The fraction of sp³-hybridized carbons (Fsp3) is 0.538. The number of nitrogens with one attached hydrogen (secondary N) is 1. The van der Waals surface area contributed by atoms with Crippen molar-refractivity contribution in [2.45, 2.75) is 39.8 Å². The highest BCUT2D eigenvalue weighted by atomic mass is 19.2. The fourth-order valence-electron chi connectivity index (χ4n) is 1.75. The Kier molecular flexibility index (Phi) is 4.87. The molecule has 0 aromatic heterocycles. The lowest BCUT2D eigenvalue weighted by molar-refractivity contribution is 0.387. The van der Waals surface area contributed by atoms with Crippen molar-refractivity contribution in [1.82, 2.24) is 5.32 Å². The van der Waals surface area contributed by atoms with Gasteiger partial charge in [0.05, 0.1) is 0 Å². The van der Waals surface area contributed by atoms with Crippen LogP contribution < -0.4 is 5.32 Å². The minimum atomic E-state index is -0.792. The van der Waals surface area contributed by atoms with E-state index >= 15 is 0 Å². The zero-order valence-corrected chi connectivity index (χ0v) is 10.1. The Morgan fingerprint density at radius 3 is 2.38 bits per heavy atom. The first-order valence-electron chi connectivity index (χ1n) is 5.72. The monoisotopic (exact) mass is 227 g/mol.